The fourth-order valence-electron chi connectivity index (χ4n) is 4.73. The molecule has 110 valence electrons. The van der Waals surface area contributed by atoms with Crippen LogP contribution in [0.4, 0.5) is 0 Å². The van der Waals surface area contributed by atoms with E-state index in [0.717, 1.165) is 50.7 Å². The Hall–Kier alpha value is -0.120. The predicted molar refractivity (Wildman–Crippen MR) is 76.2 cm³/mol. The Kier molecular flexibility index (Phi) is 4.45. The van der Waals surface area contributed by atoms with E-state index < -0.39 is 0 Å². The molecule has 3 aliphatic rings. The van der Waals surface area contributed by atoms with E-state index in [2.05, 4.69) is 5.32 Å². The summed E-state index contributed by atoms with van der Waals surface area (Å²) in [5.74, 6) is 3.10. The first-order valence-electron chi connectivity index (χ1n) is 8.09. The summed E-state index contributed by atoms with van der Waals surface area (Å²) in [7, 11) is 1.77. The lowest BCUT2D eigenvalue weighted by Crippen LogP contribution is -2.38. The first kappa shape index (κ1) is 13.8. The second-order valence-electron chi connectivity index (χ2n) is 7.11. The molecule has 3 fully saturated rings. The van der Waals surface area contributed by atoms with Crippen LogP contribution < -0.4 is 5.32 Å². The number of methoxy groups -OCH3 is 1. The molecule has 3 heteroatoms. The summed E-state index contributed by atoms with van der Waals surface area (Å²) in [4.78, 5) is 0. The smallest absolute Gasteiger partial charge is 0.0587 e. The molecular formula is C16H29NO2. The molecule has 19 heavy (non-hydrogen) atoms. The molecule has 2 saturated carbocycles. The van der Waals surface area contributed by atoms with Gasteiger partial charge in [0.2, 0.25) is 0 Å². The molecule has 0 amide bonds. The maximum absolute atomic E-state index is 5.74. The molecule has 1 saturated heterocycles. The van der Waals surface area contributed by atoms with Crippen LogP contribution in [0.3, 0.4) is 0 Å². The van der Waals surface area contributed by atoms with E-state index in [-0.39, 0.29) is 0 Å². The van der Waals surface area contributed by atoms with Crippen LogP contribution in [0.2, 0.25) is 0 Å². The van der Waals surface area contributed by atoms with Crippen LogP contribution in [0.25, 0.3) is 0 Å². The van der Waals surface area contributed by atoms with Crippen molar-refractivity contribution in [3.63, 3.8) is 0 Å². The highest BCUT2D eigenvalue weighted by Gasteiger charge is 2.45. The lowest BCUT2D eigenvalue weighted by Gasteiger charge is -2.34. The molecular weight excluding hydrogens is 238 g/mol. The van der Waals surface area contributed by atoms with Gasteiger partial charge in [0.25, 0.3) is 0 Å². The topological polar surface area (TPSA) is 30.5 Å². The van der Waals surface area contributed by atoms with Gasteiger partial charge in [-0.3, -0.25) is 0 Å². The molecule has 0 aromatic rings. The van der Waals surface area contributed by atoms with Gasteiger partial charge in [0.15, 0.2) is 0 Å². The highest BCUT2D eigenvalue weighted by Crippen LogP contribution is 2.52. The molecule has 1 heterocycles. The zero-order chi connectivity index (χ0) is 13.1. The Morgan fingerprint density at radius 3 is 2.89 bits per heavy atom. The van der Waals surface area contributed by atoms with Crippen molar-refractivity contribution in [3.05, 3.63) is 0 Å². The Morgan fingerprint density at radius 1 is 1.32 bits per heavy atom. The normalized spacial score (nSPS) is 41.2. The molecule has 0 spiro atoms. The summed E-state index contributed by atoms with van der Waals surface area (Å²) >= 11 is 0. The molecule has 2 bridgehead atoms. The molecule has 1 N–H and O–H groups in total. The van der Waals surface area contributed by atoms with Gasteiger partial charge >= 0.3 is 0 Å². The van der Waals surface area contributed by atoms with Gasteiger partial charge in [-0.25, -0.2) is 0 Å². The van der Waals surface area contributed by atoms with E-state index in [0.29, 0.717) is 5.41 Å². The van der Waals surface area contributed by atoms with Gasteiger partial charge in [-0.2, -0.15) is 0 Å². The third kappa shape index (κ3) is 3.14. The van der Waals surface area contributed by atoms with Gasteiger partial charge in [-0.15, -0.1) is 0 Å². The summed E-state index contributed by atoms with van der Waals surface area (Å²) in [6, 6.07) is 0. The van der Waals surface area contributed by atoms with Crippen LogP contribution in [0.1, 0.15) is 38.5 Å². The van der Waals surface area contributed by atoms with E-state index in [9.17, 15) is 0 Å². The summed E-state index contributed by atoms with van der Waals surface area (Å²) < 4.78 is 10.9. The molecule has 4 unspecified atom stereocenters. The number of nitrogens with one attached hydrogen (secondary N) is 1. The average Bonchev–Trinajstić information content (AvgIpc) is 3.12. The van der Waals surface area contributed by atoms with Crippen molar-refractivity contribution >= 4 is 0 Å². The molecule has 0 aromatic carbocycles. The van der Waals surface area contributed by atoms with Crippen molar-refractivity contribution in [2.45, 2.75) is 38.5 Å². The van der Waals surface area contributed by atoms with Crippen molar-refractivity contribution in [2.75, 3.05) is 40.0 Å². The van der Waals surface area contributed by atoms with Crippen LogP contribution in [-0.4, -0.2) is 40.0 Å². The Bertz CT molecular complexity index is 288. The molecule has 0 radical (unpaired) electrons. The second-order valence-corrected chi connectivity index (χ2v) is 7.11. The van der Waals surface area contributed by atoms with E-state index >= 15 is 0 Å². The van der Waals surface area contributed by atoms with Gasteiger partial charge in [-0.05, 0) is 49.9 Å². The minimum Gasteiger partial charge on any atom is -0.383 e. The maximum atomic E-state index is 5.74. The first-order chi connectivity index (χ1) is 9.31. The van der Waals surface area contributed by atoms with Crippen molar-refractivity contribution in [3.8, 4) is 0 Å². The predicted octanol–water partition coefficient (Wildman–Crippen LogP) is 2.46. The Morgan fingerprint density at radius 2 is 2.26 bits per heavy atom. The Labute approximate surface area is 117 Å². The number of hydrogen-bond donors (Lipinski definition) is 1. The monoisotopic (exact) mass is 267 g/mol. The van der Waals surface area contributed by atoms with Gasteiger partial charge in [0, 0.05) is 32.2 Å². The summed E-state index contributed by atoms with van der Waals surface area (Å²) in [6.07, 6.45) is 8.69. The fourth-order valence-corrected chi connectivity index (χ4v) is 4.73. The molecule has 3 nitrogen and oxygen atoms in total. The van der Waals surface area contributed by atoms with Crippen LogP contribution in [0, 0.1) is 23.2 Å². The average molecular weight is 267 g/mol. The molecule has 3 rings (SSSR count). The van der Waals surface area contributed by atoms with E-state index in [1.807, 2.05) is 0 Å². The van der Waals surface area contributed by atoms with Crippen LogP contribution in [0.15, 0.2) is 0 Å². The van der Waals surface area contributed by atoms with Crippen LogP contribution >= 0.6 is 0 Å². The van der Waals surface area contributed by atoms with E-state index in [1.54, 1.807) is 7.11 Å². The third-order valence-electron chi connectivity index (χ3n) is 5.75. The largest absolute Gasteiger partial charge is 0.383 e. The van der Waals surface area contributed by atoms with Crippen molar-refractivity contribution in [1.29, 1.82) is 0 Å². The lowest BCUT2D eigenvalue weighted by atomic mass is 9.73. The van der Waals surface area contributed by atoms with Crippen molar-refractivity contribution < 1.29 is 9.47 Å². The minimum atomic E-state index is 0.420. The standard InChI is InChI=1S/C16H29NO2/c1-18-7-5-17-11-16(4-6-19-12-16)10-15-9-13-2-3-14(15)8-13/h13-15,17H,2-12H2,1H3. The van der Waals surface area contributed by atoms with E-state index in [4.69, 9.17) is 9.47 Å². The Balaban J connectivity index is 1.51. The quantitative estimate of drug-likeness (QED) is 0.719. The van der Waals surface area contributed by atoms with Gasteiger partial charge in [-0.1, -0.05) is 6.42 Å². The number of rotatable bonds is 7. The number of hydrogen-bond acceptors (Lipinski definition) is 3. The van der Waals surface area contributed by atoms with Crippen LogP contribution in [0.5, 0.6) is 0 Å². The van der Waals surface area contributed by atoms with Gasteiger partial charge in [0.1, 0.15) is 0 Å². The lowest BCUT2D eigenvalue weighted by molar-refractivity contribution is 0.114. The third-order valence-corrected chi connectivity index (χ3v) is 5.75. The number of ether oxygens (including phenoxy) is 2. The van der Waals surface area contributed by atoms with E-state index in [1.165, 1.54) is 38.5 Å². The zero-order valence-electron chi connectivity index (χ0n) is 12.3. The second kappa shape index (κ2) is 6.11. The highest BCUT2D eigenvalue weighted by molar-refractivity contribution is 4.95. The maximum Gasteiger partial charge on any atom is 0.0587 e. The van der Waals surface area contributed by atoms with Crippen LogP contribution in [-0.2, 0) is 9.47 Å². The van der Waals surface area contributed by atoms with Crippen molar-refractivity contribution in [1.82, 2.24) is 5.32 Å². The minimum absolute atomic E-state index is 0.420. The summed E-state index contributed by atoms with van der Waals surface area (Å²) in [5, 5.41) is 3.58. The number of fused-ring (bicyclic) bond motifs is 2. The summed E-state index contributed by atoms with van der Waals surface area (Å²) in [5.41, 5.74) is 0.420. The highest BCUT2D eigenvalue weighted by atomic mass is 16.5. The van der Waals surface area contributed by atoms with Gasteiger partial charge in [0.05, 0.1) is 13.2 Å². The van der Waals surface area contributed by atoms with Crippen molar-refractivity contribution in [2.24, 2.45) is 23.2 Å². The molecule has 0 aromatic heterocycles. The van der Waals surface area contributed by atoms with Gasteiger partial charge < -0.3 is 14.8 Å². The molecule has 4 atom stereocenters. The molecule has 2 aliphatic carbocycles. The summed E-state index contributed by atoms with van der Waals surface area (Å²) in [6.45, 7) is 4.83. The fraction of sp³-hybridized carbons (Fsp3) is 1.00. The molecule has 1 aliphatic heterocycles. The first-order valence-corrected chi connectivity index (χ1v) is 8.09. The SMILES string of the molecule is COCCNCC1(CC2CC3CCC2C3)CCOC1. The zero-order valence-corrected chi connectivity index (χ0v) is 12.3.